The molecule has 0 aliphatic carbocycles. The first-order valence-corrected chi connectivity index (χ1v) is 10.1. The molecule has 1 atom stereocenters. The number of halogens is 2. The van der Waals surface area contributed by atoms with E-state index in [-0.39, 0.29) is 18.5 Å². The lowest BCUT2D eigenvalue weighted by Crippen LogP contribution is -2.43. The van der Waals surface area contributed by atoms with Crippen molar-refractivity contribution in [3.63, 3.8) is 0 Å². The highest BCUT2D eigenvalue weighted by atomic mass is 19.3. The van der Waals surface area contributed by atoms with E-state index in [1.165, 1.54) is 10.9 Å². The van der Waals surface area contributed by atoms with Gasteiger partial charge in [0.2, 0.25) is 0 Å². The molecule has 0 spiro atoms. The van der Waals surface area contributed by atoms with Gasteiger partial charge >= 0.3 is 0 Å². The molecule has 0 amide bonds. The van der Waals surface area contributed by atoms with Crippen molar-refractivity contribution in [2.75, 3.05) is 19.6 Å². The maximum atomic E-state index is 13.3. The molecule has 0 saturated carbocycles. The fourth-order valence-electron chi connectivity index (χ4n) is 4.62. The zero-order valence-corrected chi connectivity index (χ0v) is 17.7. The minimum atomic E-state index is -2.66. The number of hydrogen-bond acceptors (Lipinski definition) is 3. The summed E-state index contributed by atoms with van der Waals surface area (Å²) in [6.45, 7) is 12.4. The van der Waals surface area contributed by atoms with E-state index in [2.05, 4.69) is 23.1 Å². The first-order valence-electron chi connectivity index (χ1n) is 10.1. The summed E-state index contributed by atoms with van der Waals surface area (Å²) in [6, 6.07) is 0.148. The Morgan fingerprint density at radius 2 is 2.07 bits per heavy atom. The fraction of sp³-hybridized carbons (Fsp3) is 0.545. The number of nitrogens with zero attached hydrogens (tertiary/aromatic N) is 4. The molecule has 5 nitrogen and oxygen atoms in total. The van der Waals surface area contributed by atoms with Gasteiger partial charge in [-0.1, -0.05) is 12.7 Å². The Balaban J connectivity index is 1.87. The number of aromatic nitrogens is 3. The standard InChI is InChI=1S/C22H30F2N4O/c1-6-19-15(2)20(21(29)27-12-9-25-14-27)17(4)28(19)16(3)18-7-10-26(11-8-18)13-22(5,23)24/h6,9,12,14,16,18H,2,7-8,10-11,13H2,1,3-5H3/b19-6+/t16-/m1/s1. The van der Waals surface area contributed by atoms with Crippen molar-refractivity contribution >= 4 is 18.6 Å². The Bertz CT molecular complexity index is 964. The van der Waals surface area contributed by atoms with Crippen molar-refractivity contribution in [2.45, 2.75) is 52.5 Å². The van der Waals surface area contributed by atoms with E-state index < -0.39 is 5.92 Å². The number of carbonyl (C=O) groups is 1. The fourth-order valence-corrected chi connectivity index (χ4v) is 4.62. The van der Waals surface area contributed by atoms with Gasteiger partial charge in [0, 0.05) is 41.6 Å². The van der Waals surface area contributed by atoms with Crippen LogP contribution in [0.1, 0.15) is 55.7 Å². The topological polar surface area (TPSA) is 43.1 Å². The van der Waals surface area contributed by atoms with Crippen LogP contribution in [0.15, 0.2) is 18.7 Å². The summed E-state index contributed by atoms with van der Waals surface area (Å²) < 4.78 is 30.3. The highest BCUT2D eigenvalue weighted by Gasteiger charge is 2.31. The summed E-state index contributed by atoms with van der Waals surface area (Å²) in [6.07, 6.45) is 8.41. The first-order chi connectivity index (χ1) is 13.6. The normalized spacial score (nSPS) is 18.3. The van der Waals surface area contributed by atoms with E-state index in [1.807, 2.05) is 24.8 Å². The van der Waals surface area contributed by atoms with Crippen LogP contribution in [-0.2, 0) is 0 Å². The van der Waals surface area contributed by atoms with Gasteiger partial charge in [-0.15, -0.1) is 0 Å². The Morgan fingerprint density at radius 3 is 2.59 bits per heavy atom. The first kappa shape index (κ1) is 21.4. The molecule has 0 radical (unpaired) electrons. The average Bonchev–Trinajstić information content (AvgIpc) is 3.26. The van der Waals surface area contributed by atoms with Crippen LogP contribution in [0.4, 0.5) is 8.78 Å². The molecule has 1 aliphatic heterocycles. The van der Waals surface area contributed by atoms with Crippen molar-refractivity contribution in [3.05, 3.63) is 40.5 Å². The van der Waals surface area contributed by atoms with Gasteiger partial charge in [0.25, 0.3) is 11.8 Å². The smallest absolute Gasteiger partial charge is 0.265 e. The van der Waals surface area contributed by atoms with Crippen molar-refractivity contribution in [3.8, 4) is 0 Å². The lowest BCUT2D eigenvalue weighted by atomic mass is 9.89. The van der Waals surface area contributed by atoms with Crippen molar-refractivity contribution in [1.29, 1.82) is 0 Å². The molecule has 2 aromatic heterocycles. The third kappa shape index (κ3) is 4.34. The third-order valence-electron chi connectivity index (χ3n) is 6.04. The van der Waals surface area contributed by atoms with Gasteiger partial charge in [-0.05, 0) is 52.6 Å². The molecule has 0 aromatic carbocycles. The van der Waals surface area contributed by atoms with Crippen molar-refractivity contribution in [1.82, 2.24) is 19.0 Å². The second kappa shape index (κ2) is 8.22. The predicted molar refractivity (Wildman–Crippen MR) is 111 cm³/mol. The number of imidazole rings is 1. The van der Waals surface area contributed by atoms with Crippen molar-refractivity contribution < 1.29 is 13.6 Å². The Hall–Kier alpha value is -2.28. The molecular formula is C22H30F2N4O. The van der Waals surface area contributed by atoms with Crippen LogP contribution >= 0.6 is 0 Å². The molecule has 158 valence electrons. The molecule has 7 heteroatoms. The van der Waals surface area contributed by atoms with Crippen molar-refractivity contribution in [2.24, 2.45) is 5.92 Å². The second-order valence-corrected chi connectivity index (χ2v) is 8.18. The highest BCUT2D eigenvalue weighted by Crippen LogP contribution is 2.30. The molecule has 0 unspecified atom stereocenters. The van der Waals surface area contributed by atoms with Crippen LogP contribution in [0.25, 0.3) is 12.7 Å². The van der Waals surface area contributed by atoms with Gasteiger partial charge < -0.3 is 4.57 Å². The quantitative estimate of drug-likeness (QED) is 0.770. The number of piperidine rings is 1. The van der Waals surface area contributed by atoms with Gasteiger partial charge in [0.05, 0.1) is 12.1 Å². The summed E-state index contributed by atoms with van der Waals surface area (Å²) in [5.41, 5.74) is 1.49. The van der Waals surface area contributed by atoms with E-state index in [9.17, 15) is 13.6 Å². The maximum Gasteiger partial charge on any atom is 0.265 e. The lowest BCUT2D eigenvalue weighted by molar-refractivity contribution is -0.0240. The number of hydrogen-bond donors (Lipinski definition) is 0. The summed E-state index contributed by atoms with van der Waals surface area (Å²) in [7, 11) is 0. The molecule has 0 bridgehead atoms. The second-order valence-electron chi connectivity index (χ2n) is 8.18. The Morgan fingerprint density at radius 1 is 1.41 bits per heavy atom. The zero-order valence-electron chi connectivity index (χ0n) is 17.7. The summed E-state index contributed by atoms with van der Waals surface area (Å²) in [4.78, 5) is 18.8. The molecule has 1 fully saturated rings. The van der Waals surface area contributed by atoms with Gasteiger partial charge in [0.15, 0.2) is 0 Å². The van der Waals surface area contributed by atoms with E-state index in [0.717, 1.165) is 36.0 Å². The SMILES string of the molecule is C=c1c(C(=O)n2ccnc2)c(C)n([C@H](C)C2CCN(CC(C)(F)F)CC2)/c1=C/C. The van der Waals surface area contributed by atoms with Crippen LogP contribution in [0.2, 0.25) is 0 Å². The molecule has 3 rings (SSSR count). The monoisotopic (exact) mass is 404 g/mol. The van der Waals surface area contributed by atoms with Crippen LogP contribution in [-0.4, -0.2) is 50.5 Å². The molecule has 0 N–H and O–H groups in total. The molecule has 1 aliphatic rings. The zero-order chi connectivity index (χ0) is 21.3. The van der Waals surface area contributed by atoms with Crippen LogP contribution in [0, 0.1) is 12.8 Å². The van der Waals surface area contributed by atoms with E-state index in [4.69, 9.17) is 0 Å². The van der Waals surface area contributed by atoms with Crippen LogP contribution in [0.5, 0.6) is 0 Å². The van der Waals surface area contributed by atoms with E-state index >= 15 is 0 Å². The predicted octanol–water partition coefficient (Wildman–Crippen LogP) is 2.82. The van der Waals surface area contributed by atoms with Gasteiger partial charge in [-0.3, -0.25) is 14.3 Å². The minimum Gasteiger partial charge on any atom is -0.341 e. The average molecular weight is 405 g/mol. The number of likely N-dealkylation sites (tertiary alicyclic amines) is 1. The number of carbonyl (C=O) groups excluding carboxylic acids is 1. The Kier molecular flexibility index (Phi) is 6.08. The third-order valence-corrected chi connectivity index (χ3v) is 6.04. The summed E-state index contributed by atoms with van der Waals surface area (Å²) in [5.74, 6) is -2.44. The molecule has 3 heterocycles. The molecule has 2 aromatic rings. The Labute approximate surface area is 170 Å². The van der Waals surface area contributed by atoms with Crippen LogP contribution in [0.3, 0.4) is 0 Å². The highest BCUT2D eigenvalue weighted by molar-refractivity contribution is 5.97. The lowest BCUT2D eigenvalue weighted by Gasteiger charge is -2.36. The van der Waals surface area contributed by atoms with Gasteiger partial charge in [-0.2, -0.15) is 0 Å². The summed E-state index contributed by atoms with van der Waals surface area (Å²) >= 11 is 0. The molecule has 1 saturated heterocycles. The van der Waals surface area contributed by atoms with E-state index in [1.54, 1.807) is 12.4 Å². The number of alkyl halides is 2. The minimum absolute atomic E-state index is 0.140. The van der Waals surface area contributed by atoms with E-state index in [0.29, 0.717) is 24.6 Å². The maximum absolute atomic E-state index is 13.3. The molecular weight excluding hydrogens is 374 g/mol. The van der Waals surface area contributed by atoms with Gasteiger partial charge in [-0.25, -0.2) is 13.8 Å². The van der Waals surface area contributed by atoms with Crippen LogP contribution < -0.4 is 10.6 Å². The largest absolute Gasteiger partial charge is 0.341 e. The summed E-state index contributed by atoms with van der Waals surface area (Å²) in [5, 5.41) is 1.67. The van der Waals surface area contributed by atoms with Gasteiger partial charge in [0.1, 0.15) is 6.33 Å². The number of rotatable bonds is 5. The molecule has 29 heavy (non-hydrogen) atoms.